The van der Waals surface area contributed by atoms with E-state index in [1.807, 2.05) is 19.1 Å². The average Bonchev–Trinajstić information content (AvgIpc) is 2.11. The van der Waals surface area contributed by atoms with Crippen LogP contribution in [0.3, 0.4) is 0 Å². The van der Waals surface area contributed by atoms with Crippen LogP contribution in [0.15, 0.2) is 12.1 Å². The largest absolute Gasteiger partial charge is 0.490 e. The van der Waals surface area contributed by atoms with E-state index in [2.05, 4.69) is 0 Å². The molecule has 1 aromatic rings. The number of rotatable bonds is 0. The molecule has 0 spiro atoms. The lowest BCUT2D eigenvalue weighted by Crippen LogP contribution is -2.57. The predicted molar refractivity (Wildman–Crippen MR) is 55.9 cm³/mol. The third-order valence-electron chi connectivity index (χ3n) is 2.53. The summed E-state index contributed by atoms with van der Waals surface area (Å²) in [5.74, 6) is 0.805. The van der Waals surface area contributed by atoms with Crippen molar-refractivity contribution in [2.45, 2.75) is 19.0 Å². The number of nitrogen functional groups attached to an aromatic ring is 1. The van der Waals surface area contributed by atoms with Crippen LogP contribution in [-0.2, 0) is 6.42 Å². The molecule has 6 N–H and O–H groups in total. The van der Waals surface area contributed by atoms with E-state index in [0.717, 1.165) is 22.6 Å². The maximum Gasteiger partial charge on any atom is 0.124 e. The fourth-order valence-electron chi connectivity index (χ4n) is 1.67. The second-order valence-corrected chi connectivity index (χ2v) is 3.97. The molecule has 0 bridgehead atoms. The van der Waals surface area contributed by atoms with E-state index in [0.29, 0.717) is 13.0 Å². The zero-order valence-electron chi connectivity index (χ0n) is 8.21. The van der Waals surface area contributed by atoms with Gasteiger partial charge in [-0.15, -0.1) is 0 Å². The smallest absolute Gasteiger partial charge is 0.124 e. The Morgan fingerprint density at radius 1 is 1.36 bits per heavy atom. The van der Waals surface area contributed by atoms with Gasteiger partial charge in [0.25, 0.3) is 0 Å². The fourth-order valence-corrected chi connectivity index (χ4v) is 1.67. The van der Waals surface area contributed by atoms with Gasteiger partial charge in [0.15, 0.2) is 0 Å². The summed E-state index contributed by atoms with van der Waals surface area (Å²) in [4.78, 5) is 0. The van der Waals surface area contributed by atoms with Crippen LogP contribution in [0.1, 0.15) is 11.1 Å². The summed E-state index contributed by atoms with van der Waals surface area (Å²) in [6, 6.07) is 3.85. The molecule has 0 aromatic heterocycles. The zero-order chi connectivity index (χ0) is 10.3. The second-order valence-electron chi connectivity index (χ2n) is 3.97. The Labute approximate surface area is 83.0 Å². The first-order valence-corrected chi connectivity index (χ1v) is 4.58. The average molecular weight is 193 g/mol. The minimum absolute atomic E-state index is 0.336. The molecule has 14 heavy (non-hydrogen) atoms. The molecule has 0 aliphatic carbocycles. The molecule has 0 saturated heterocycles. The molecule has 0 fully saturated rings. The van der Waals surface area contributed by atoms with Crippen LogP contribution >= 0.6 is 0 Å². The van der Waals surface area contributed by atoms with Gasteiger partial charge in [0, 0.05) is 17.7 Å². The summed E-state index contributed by atoms with van der Waals surface area (Å²) in [5, 5.41) is 0. The molecule has 0 amide bonds. The van der Waals surface area contributed by atoms with Crippen molar-refractivity contribution in [2.24, 2.45) is 11.5 Å². The molecule has 0 atom stereocenters. The van der Waals surface area contributed by atoms with E-state index >= 15 is 0 Å². The van der Waals surface area contributed by atoms with Crippen LogP contribution < -0.4 is 21.9 Å². The molecular weight excluding hydrogens is 178 g/mol. The molecule has 1 heterocycles. The lowest BCUT2D eigenvalue weighted by molar-refractivity contribution is 0.196. The summed E-state index contributed by atoms with van der Waals surface area (Å²) in [6.07, 6.45) is 0.565. The molecule has 4 nitrogen and oxygen atoms in total. The van der Waals surface area contributed by atoms with Crippen molar-refractivity contribution in [1.29, 1.82) is 0 Å². The van der Waals surface area contributed by atoms with Crippen LogP contribution in [0.2, 0.25) is 0 Å². The molecule has 1 aliphatic rings. The van der Waals surface area contributed by atoms with Gasteiger partial charge in [0.05, 0.1) is 0 Å². The highest BCUT2D eigenvalue weighted by atomic mass is 16.5. The van der Waals surface area contributed by atoms with E-state index in [4.69, 9.17) is 21.9 Å². The van der Waals surface area contributed by atoms with Gasteiger partial charge in [-0.2, -0.15) is 0 Å². The molecule has 1 aliphatic heterocycles. The molecule has 0 radical (unpaired) electrons. The van der Waals surface area contributed by atoms with Crippen molar-refractivity contribution in [3.63, 3.8) is 0 Å². The fraction of sp³-hybridized carbons (Fsp3) is 0.400. The summed E-state index contributed by atoms with van der Waals surface area (Å²) in [5.41, 5.74) is 19.5. The summed E-state index contributed by atoms with van der Waals surface area (Å²) < 4.78 is 5.44. The standard InChI is InChI=1S/C10H15N3O/c1-6-2-3-8-7(9(6)11)4-10(12,13)5-14-8/h2-3H,4-5,11-13H2,1H3. The van der Waals surface area contributed by atoms with Gasteiger partial charge in [-0.05, 0) is 18.6 Å². The van der Waals surface area contributed by atoms with Crippen LogP contribution in [0.4, 0.5) is 5.69 Å². The summed E-state index contributed by atoms with van der Waals surface area (Å²) in [7, 11) is 0. The Morgan fingerprint density at radius 3 is 2.79 bits per heavy atom. The van der Waals surface area contributed by atoms with Crippen LogP contribution in [-0.4, -0.2) is 12.3 Å². The Bertz CT molecular complexity index is 374. The molecule has 2 rings (SSSR count). The minimum Gasteiger partial charge on any atom is -0.490 e. The highest BCUT2D eigenvalue weighted by molar-refractivity contribution is 5.60. The van der Waals surface area contributed by atoms with Crippen molar-refractivity contribution < 1.29 is 4.74 Å². The lowest BCUT2D eigenvalue weighted by Gasteiger charge is -2.32. The normalized spacial score (nSPS) is 18.5. The predicted octanol–water partition coefficient (Wildman–Crippen LogP) is 0.126. The highest BCUT2D eigenvalue weighted by Gasteiger charge is 2.29. The molecule has 0 unspecified atom stereocenters. The Kier molecular flexibility index (Phi) is 1.90. The number of nitrogens with two attached hydrogens (primary N) is 3. The van der Waals surface area contributed by atoms with Crippen LogP contribution in [0.5, 0.6) is 5.75 Å². The number of aryl methyl sites for hydroxylation is 1. The topological polar surface area (TPSA) is 87.3 Å². The number of hydrogen-bond acceptors (Lipinski definition) is 4. The van der Waals surface area contributed by atoms with Gasteiger partial charge in [0.1, 0.15) is 18.0 Å². The first kappa shape index (κ1) is 9.30. The van der Waals surface area contributed by atoms with Crippen molar-refractivity contribution in [2.75, 3.05) is 12.3 Å². The second kappa shape index (κ2) is 2.87. The molecule has 76 valence electrons. The van der Waals surface area contributed by atoms with Gasteiger partial charge in [0.2, 0.25) is 0 Å². The van der Waals surface area contributed by atoms with Gasteiger partial charge < -0.3 is 21.9 Å². The van der Waals surface area contributed by atoms with Crippen molar-refractivity contribution in [1.82, 2.24) is 0 Å². The van der Waals surface area contributed by atoms with Crippen LogP contribution in [0, 0.1) is 6.92 Å². The minimum atomic E-state index is -0.797. The van der Waals surface area contributed by atoms with E-state index in [1.165, 1.54) is 0 Å². The Morgan fingerprint density at radius 2 is 2.07 bits per heavy atom. The SMILES string of the molecule is Cc1ccc2c(c1N)CC(N)(N)CO2. The maximum atomic E-state index is 5.93. The molecule has 1 aromatic carbocycles. The van der Waals surface area contributed by atoms with E-state index in [-0.39, 0.29) is 0 Å². The van der Waals surface area contributed by atoms with Crippen LogP contribution in [0.25, 0.3) is 0 Å². The molecular formula is C10H15N3O. The number of anilines is 1. The first-order chi connectivity index (χ1) is 6.49. The van der Waals surface area contributed by atoms with E-state index in [1.54, 1.807) is 0 Å². The molecule has 4 heteroatoms. The van der Waals surface area contributed by atoms with Gasteiger partial charge >= 0.3 is 0 Å². The number of benzene rings is 1. The van der Waals surface area contributed by atoms with Gasteiger partial charge in [-0.1, -0.05) is 6.07 Å². The summed E-state index contributed by atoms with van der Waals surface area (Å²) >= 11 is 0. The maximum absolute atomic E-state index is 5.93. The lowest BCUT2D eigenvalue weighted by atomic mass is 9.95. The van der Waals surface area contributed by atoms with Crippen molar-refractivity contribution in [3.8, 4) is 5.75 Å². The third kappa shape index (κ3) is 1.42. The Hall–Kier alpha value is -1.26. The monoisotopic (exact) mass is 193 g/mol. The highest BCUT2D eigenvalue weighted by Crippen LogP contribution is 2.32. The quantitative estimate of drug-likeness (QED) is 0.403. The third-order valence-corrected chi connectivity index (χ3v) is 2.53. The first-order valence-electron chi connectivity index (χ1n) is 4.58. The number of ether oxygens (including phenoxy) is 1. The van der Waals surface area contributed by atoms with Crippen molar-refractivity contribution >= 4 is 5.69 Å². The van der Waals surface area contributed by atoms with Gasteiger partial charge in [-0.25, -0.2) is 0 Å². The molecule has 0 saturated carbocycles. The number of fused-ring (bicyclic) bond motifs is 1. The van der Waals surface area contributed by atoms with E-state index in [9.17, 15) is 0 Å². The zero-order valence-corrected chi connectivity index (χ0v) is 8.21. The number of hydrogen-bond donors (Lipinski definition) is 3. The summed E-state index contributed by atoms with van der Waals surface area (Å²) in [6.45, 7) is 2.29. The van der Waals surface area contributed by atoms with Gasteiger partial charge in [-0.3, -0.25) is 0 Å². The van der Waals surface area contributed by atoms with E-state index < -0.39 is 5.66 Å². The Balaban J connectivity index is 2.49. The van der Waals surface area contributed by atoms with Crippen molar-refractivity contribution in [3.05, 3.63) is 23.3 Å².